The number of nitrogens with zero attached hydrogens (tertiary/aromatic N) is 1. The molecule has 0 aliphatic carbocycles. The van der Waals surface area contributed by atoms with Crippen LogP contribution in [-0.2, 0) is 6.42 Å². The number of nitrogens with two attached hydrogens (primary N) is 2. The highest BCUT2D eigenvalue weighted by molar-refractivity contribution is 5.92. The number of ether oxygens (including phenoxy) is 1. The first-order chi connectivity index (χ1) is 10.5. The molecule has 0 saturated carbocycles. The molecule has 0 aliphatic heterocycles. The second kappa shape index (κ2) is 7.04. The van der Waals surface area contributed by atoms with Gasteiger partial charge in [-0.15, -0.1) is 0 Å². The molecule has 0 bridgehead atoms. The number of aromatic nitrogens is 1. The van der Waals surface area contributed by atoms with E-state index < -0.39 is 5.91 Å². The molecule has 0 radical (unpaired) electrons. The fraction of sp³-hybridized carbons (Fsp3) is 0.294. The summed E-state index contributed by atoms with van der Waals surface area (Å²) in [6.07, 6.45) is 2.22. The van der Waals surface area contributed by atoms with Gasteiger partial charge in [-0.05, 0) is 36.6 Å². The van der Waals surface area contributed by atoms with Crippen molar-refractivity contribution in [3.63, 3.8) is 0 Å². The van der Waals surface area contributed by atoms with Gasteiger partial charge in [0.25, 0.3) is 0 Å². The second-order valence-corrected chi connectivity index (χ2v) is 5.37. The van der Waals surface area contributed by atoms with Gasteiger partial charge in [0.05, 0.1) is 5.56 Å². The maximum atomic E-state index is 11.1. The summed E-state index contributed by atoms with van der Waals surface area (Å²) in [6.45, 7) is 4.83. The molecule has 0 unspecified atom stereocenters. The summed E-state index contributed by atoms with van der Waals surface area (Å²) in [6, 6.07) is 9.17. The van der Waals surface area contributed by atoms with Crippen molar-refractivity contribution < 1.29 is 9.53 Å². The minimum Gasteiger partial charge on any atom is -0.439 e. The summed E-state index contributed by atoms with van der Waals surface area (Å²) >= 11 is 0. The van der Waals surface area contributed by atoms with Crippen molar-refractivity contribution in [3.8, 4) is 11.6 Å². The van der Waals surface area contributed by atoms with Crippen LogP contribution in [0.3, 0.4) is 0 Å². The molecule has 1 amide bonds. The number of hydrogen-bond donors (Lipinski definition) is 2. The van der Waals surface area contributed by atoms with Gasteiger partial charge in [0.1, 0.15) is 5.75 Å². The van der Waals surface area contributed by atoms with Gasteiger partial charge in [-0.3, -0.25) is 4.79 Å². The fourth-order valence-corrected chi connectivity index (χ4v) is 2.41. The SMILES string of the molecule is CC(C)c1c(CCN)cccc1Oc1ccc(C(N)=O)cn1. The molecule has 5 heteroatoms. The van der Waals surface area contributed by atoms with Crippen LogP contribution in [0.1, 0.15) is 41.3 Å². The average Bonchev–Trinajstić information content (AvgIpc) is 2.48. The monoisotopic (exact) mass is 299 g/mol. The standard InChI is InChI=1S/C17H21N3O2/c1-11(2)16-12(8-9-18)4-3-5-14(16)22-15-7-6-13(10-20-15)17(19)21/h3-7,10-11H,8-9,18H2,1-2H3,(H2,19,21). The Morgan fingerprint density at radius 3 is 2.59 bits per heavy atom. The molecule has 2 rings (SSSR count). The van der Waals surface area contributed by atoms with E-state index in [1.807, 2.05) is 12.1 Å². The van der Waals surface area contributed by atoms with E-state index in [4.69, 9.17) is 16.2 Å². The summed E-state index contributed by atoms with van der Waals surface area (Å²) in [7, 11) is 0. The number of carbonyl (C=O) groups excluding carboxylic acids is 1. The maximum Gasteiger partial charge on any atom is 0.250 e. The first-order valence-corrected chi connectivity index (χ1v) is 7.28. The summed E-state index contributed by atoms with van der Waals surface area (Å²) in [5.74, 6) is 0.992. The number of pyridine rings is 1. The predicted octanol–water partition coefficient (Wildman–Crippen LogP) is 2.60. The Bertz CT molecular complexity index is 651. The average molecular weight is 299 g/mol. The quantitative estimate of drug-likeness (QED) is 0.857. The molecule has 0 saturated heterocycles. The number of amides is 1. The molecule has 22 heavy (non-hydrogen) atoms. The van der Waals surface area contributed by atoms with Gasteiger partial charge in [0.2, 0.25) is 11.8 Å². The molecule has 1 heterocycles. The molecule has 1 aromatic heterocycles. The zero-order valence-corrected chi connectivity index (χ0v) is 12.9. The number of primary amides is 1. The number of rotatable bonds is 6. The van der Waals surface area contributed by atoms with Crippen LogP contribution in [0, 0.1) is 0 Å². The van der Waals surface area contributed by atoms with Crippen molar-refractivity contribution in [2.24, 2.45) is 11.5 Å². The molecule has 0 aliphatic rings. The molecular formula is C17H21N3O2. The predicted molar refractivity (Wildman–Crippen MR) is 86.1 cm³/mol. The van der Waals surface area contributed by atoms with E-state index in [9.17, 15) is 4.79 Å². The van der Waals surface area contributed by atoms with E-state index in [1.165, 1.54) is 11.8 Å². The van der Waals surface area contributed by atoms with Crippen LogP contribution < -0.4 is 16.2 Å². The fourth-order valence-electron chi connectivity index (χ4n) is 2.41. The van der Waals surface area contributed by atoms with Crippen LogP contribution in [0.25, 0.3) is 0 Å². The van der Waals surface area contributed by atoms with Crippen molar-refractivity contribution in [1.29, 1.82) is 0 Å². The smallest absolute Gasteiger partial charge is 0.250 e. The third kappa shape index (κ3) is 3.62. The summed E-state index contributed by atoms with van der Waals surface area (Å²) < 4.78 is 5.89. The third-order valence-corrected chi connectivity index (χ3v) is 3.38. The van der Waals surface area contributed by atoms with E-state index in [-0.39, 0.29) is 0 Å². The Kier molecular flexibility index (Phi) is 5.12. The van der Waals surface area contributed by atoms with E-state index >= 15 is 0 Å². The maximum absolute atomic E-state index is 11.1. The lowest BCUT2D eigenvalue weighted by molar-refractivity contribution is 0.1000. The normalized spacial score (nSPS) is 10.7. The lowest BCUT2D eigenvalue weighted by atomic mass is 9.94. The molecule has 5 nitrogen and oxygen atoms in total. The highest BCUT2D eigenvalue weighted by Crippen LogP contribution is 2.32. The number of hydrogen-bond acceptors (Lipinski definition) is 4. The van der Waals surface area contributed by atoms with Crippen molar-refractivity contribution in [2.75, 3.05) is 6.54 Å². The van der Waals surface area contributed by atoms with Gasteiger partial charge in [0.15, 0.2) is 0 Å². The highest BCUT2D eigenvalue weighted by Gasteiger charge is 2.14. The number of benzene rings is 1. The summed E-state index contributed by atoms with van der Waals surface area (Å²) in [4.78, 5) is 15.2. The molecule has 2 aromatic rings. The molecule has 116 valence electrons. The first-order valence-electron chi connectivity index (χ1n) is 7.28. The third-order valence-electron chi connectivity index (χ3n) is 3.38. The molecule has 4 N–H and O–H groups in total. The van der Waals surface area contributed by atoms with Gasteiger partial charge in [0, 0.05) is 17.8 Å². The second-order valence-electron chi connectivity index (χ2n) is 5.37. The topological polar surface area (TPSA) is 91.2 Å². The number of carbonyl (C=O) groups is 1. The van der Waals surface area contributed by atoms with Crippen LogP contribution >= 0.6 is 0 Å². The molecule has 0 spiro atoms. The lowest BCUT2D eigenvalue weighted by Gasteiger charge is -2.17. The van der Waals surface area contributed by atoms with Crippen molar-refractivity contribution in [1.82, 2.24) is 4.98 Å². The van der Waals surface area contributed by atoms with Crippen molar-refractivity contribution in [3.05, 3.63) is 53.2 Å². The summed E-state index contributed by atoms with van der Waals surface area (Å²) in [5.41, 5.74) is 13.6. The largest absolute Gasteiger partial charge is 0.439 e. The zero-order valence-electron chi connectivity index (χ0n) is 12.9. The molecule has 1 aromatic carbocycles. The molecule has 0 fully saturated rings. The van der Waals surface area contributed by atoms with Crippen LogP contribution in [0.4, 0.5) is 0 Å². The Morgan fingerprint density at radius 2 is 2.05 bits per heavy atom. The van der Waals surface area contributed by atoms with Crippen molar-refractivity contribution in [2.45, 2.75) is 26.2 Å². The Balaban J connectivity index is 2.32. The van der Waals surface area contributed by atoms with E-state index in [0.717, 1.165) is 17.7 Å². The first kappa shape index (κ1) is 16.0. The Hall–Kier alpha value is -2.40. The lowest BCUT2D eigenvalue weighted by Crippen LogP contribution is -2.11. The van der Waals surface area contributed by atoms with Crippen molar-refractivity contribution >= 4 is 5.91 Å². The van der Waals surface area contributed by atoms with Crippen LogP contribution in [0.5, 0.6) is 11.6 Å². The van der Waals surface area contributed by atoms with Crippen LogP contribution in [0.2, 0.25) is 0 Å². The highest BCUT2D eigenvalue weighted by atomic mass is 16.5. The van der Waals surface area contributed by atoms with Crippen LogP contribution in [-0.4, -0.2) is 17.4 Å². The van der Waals surface area contributed by atoms with E-state index in [1.54, 1.807) is 12.1 Å². The Morgan fingerprint density at radius 1 is 1.27 bits per heavy atom. The van der Waals surface area contributed by atoms with Gasteiger partial charge >= 0.3 is 0 Å². The van der Waals surface area contributed by atoms with E-state index in [0.29, 0.717) is 23.9 Å². The van der Waals surface area contributed by atoms with Gasteiger partial charge in [-0.25, -0.2) is 4.98 Å². The molecule has 0 atom stereocenters. The van der Waals surface area contributed by atoms with Gasteiger partial charge < -0.3 is 16.2 Å². The Labute approximate surface area is 130 Å². The summed E-state index contributed by atoms with van der Waals surface area (Å²) in [5, 5.41) is 0. The zero-order chi connectivity index (χ0) is 16.1. The van der Waals surface area contributed by atoms with Gasteiger partial charge in [-0.2, -0.15) is 0 Å². The van der Waals surface area contributed by atoms with E-state index in [2.05, 4.69) is 24.9 Å². The minimum absolute atomic E-state index is 0.308. The van der Waals surface area contributed by atoms with Gasteiger partial charge in [-0.1, -0.05) is 26.0 Å². The van der Waals surface area contributed by atoms with Crippen LogP contribution in [0.15, 0.2) is 36.5 Å². The minimum atomic E-state index is -0.508. The molecular weight excluding hydrogens is 278 g/mol.